The van der Waals surface area contributed by atoms with Crippen molar-refractivity contribution in [1.82, 2.24) is 4.90 Å². The van der Waals surface area contributed by atoms with E-state index in [1.165, 1.54) is 24.3 Å². The SMILES string of the molecule is O=C(c1ccc(-c2ccc(F)cc2)o1)N(Cc1ccc(F)cc1F)C1CC1. The normalized spacial score (nSPS) is 13.6. The number of rotatable bonds is 5. The molecule has 27 heavy (non-hydrogen) atoms. The first-order valence-corrected chi connectivity index (χ1v) is 8.62. The number of benzene rings is 2. The van der Waals surface area contributed by atoms with Crippen LogP contribution < -0.4 is 0 Å². The van der Waals surface area contributed by atoms with E-state index in [-0.39, 0.29) is 35.6 Å². The molecule has 0 atom stereocenters. The number of carbonyl (C=O) groups excluding carboxylic acids is 1. The molecule has 0 unspecified atom stereocenters. The van der Waals surface area contributed by atoms with E-state index in [9.17, 15) is 18.0 Å². The topological polar surface area (TPSA) is 33.5 Å². The summed E-state index contributed by atoms with van der Waals surface area (Å²) in [6, 6.07) is 12.3. The van der Waals surface area contributed by atoms with Gasteiger partial charge in [-0.05, 0) is 55.3 Å². The van der Waals surface area contributed by atoms with Gasteiger partial charge in [0.15, 0.2) is 5.76 Å². The summed E-state index contributed by atoms with van der Waals surface area (Å²) in [4.78, 5) is 14.4. The third kappa shape index (κ3) is 3.74. The number of furan rings is 1. The molecule has 0 spiro atoms. The van der Waals surface area contributed by atoms with E-state index < -0.39 is 11.6 Å². The summed E-state index contributed by atoms with van der Waals surface area (Å²) in [5.41, 5.74) is 0.903. The second-order valence-corrected chi connectivity index (χ2v) is 6.57. The number of hydrogen-bond acceptors (Lipinski definition) is 2. The van der Waals surface area contributed by atoms with Gasteiger partial charge in [-0.25, -0.2) is 13.2 Å². The Bertz CT molecular complexity index is 977. The zero-order valence-corrected chi connectivity index (χ0v) is 14.3. The van der Waals surface area contributed by atoms with Gasteiger partial charge in [-0.1, -0.05) is 6.07 Å². The Morgan fingerprint density at radius 3 is 2.33 bits per heavy atom. The monoisotopic (exact) mass is 371 g/mol. The lowest BCUT2D eigenvalue weighted by atomic mass is 10.2. The zero-order chi connectivity index (χ0) is 19.0. The highest BCUT2D eigenvalue weighted by Gasteiger charge is 2.34. The van der Waals surface area contributed by atoms with E-state index in [1.807, 2.05) is 0 Å². The standard InChI is InChI=1S/C21H16F3NO2/c22-15-4-1-13(2-5-15)19-9-10-20(27-19)21(26)25(17-7-8-17)12-14-3-6-16(23)11-18(14)24/h1-6,9-11,17H,7-8,12H2. The van der Waals surface area contributed by atoms with Gasteiger partial charge in [0.05, 0.1) is 0 Å². The molecule has 0 N–H and O–H groups in total. The molecule has 3 aromatic rings. The van der Waals surface area contributed by atoms with Crippen molar-refractivity contribution < 1.29 is 22.4 Å². The third-order valence-electron chi connectivity index (χ3n) is 4.55. The molecule has 1 saturated carbocycles. The first kappa shape index (κ1) is 17.4. The summed E-state index contributed by atoms with van der Waals surface area (Å²) in [5, 5.41) is 0. The minimum Gasteiger partial charge on any atom is -0.451 e. The van der Waals surface area contributed by atoms with E-state index in [1.54, 1.807) is 29.2 Å². The van der Waals surface area contributed by atoms with Gasteiger partial charge in [-0.15, -0.1) is 0 Å². The summed E-state index contributed by atoms with van der Waals surface area (Å²) < 4.78 is 45.8. The quantitative estimate of drug-likeness (QED) is 0.620. The molecule has 1 fully saturated rings. The van der Waals surface area contributed by atoms with Crippen LogP contribution in [0.3, 0.4) is 0 Å². The minimum absolute atomic E-state index is 0.0151. The maximum Gasteiger partial charge on any atom is 0.290 e. The van der Waals surface area contributed by atoms with Gasteiger partial charge in [-0.3, -0.25) is 4.79 Å². The maximum absolute atomic E-state index is 14.0. The van der Waals surface area contributed by atoms with Gasteiger partial charge in [0.1, 0.15) is 23.2 Å². The van der Waals surface area contributed by atoms with Crippen LogP contribution in [0.1, 0.15) is 29.0 Å². The zero-order valence-electron chi connectivity index (χ0n) is 14.3. The van der Waals surface area contributed by atoms with E-state index in [2.05, 4.69) is 0 Å². The molecule has 138 valence electrons. The van der Waals surface area contributed by atoms with Crippen LogP contribution in [0.25, 0.3) is 11.3 Å². The number of halogens is 3. The second kappa shape index (κ2) is 6.95. The first-order chi connectivity index (χ1) is 13.0. The number of hydrogen-bond donors (Lipinski definition) is 0. The van der Waals surface area contributed by atoms with Crippen molar-refractivity contribution in [2.45, 2.75) is 25.4 Å². The number of amides is 1. The molecule has 2 aromatic carbocycles. The fourth-order valence-electron chi connectivity index (χ4n) is 2.95. The summed E-state index contributed by atoms with van der Waals surface area (Å²) in [6.07, 6.45) is 1.67. The molecule has 1 amide bonds. The number of nitrogens with zero attached hydrogens (tertiary/aromatic N) is 1. The highest BCUT2D eigenvalue weighted by Crippen LogP contribution is 2.31. The smallest absolute Gasteiger partial charge is 0.290 e. The van der Waals surface area contributed by atoms with Gasteiger partial charge in [0, 0.05) is 29.8 Å². The Hall–Kier alpha value is -3.02. The van der Waals surface area contributed by atoms with Crippen LogP contribution in [0.5, 0.6) is 0 Å². The Morgan fingerprint density at radius 1 is 0.963 bits per heavy atom. The summed E-state index contributed by atoms with van der Waals surface area (Å²) in [6.45, 7) is 0.0438. The predicted octanol–water partition coefficient (Wildman–Crippen LogP) is 5.17. The Morgan fingerprint density at radius 2 is 1.67 bits per heavy atom. The molecule has 3 nitrogen and oxygen atoms in total. The van der Waals surface area contributed by atoms with Gasteiger partial charge in [0.25, 0.3) is 5.91 Å². The van der Waals surface area contributed by atoms with E-state index in [0.717, 1.165) is 18.9 Å². The average Bonchev–Trinajstić information content (AvgIpc) is 3.37. The van der Waals surface area contributed by atoms with Crippen LogP contribution in [-0.2, 0) is 6.54 Å². The fourth-order valence-corrected chi connectivity index (χ4v) is 2.95. The Balaban J connectivity index is 1.57. The highest BCUT2D eigenvalue weighted by atomic mass is 19.1. The van der Waals surface area contributed by atoms with Crippen LogP contribution >= 0.6 is 0 Å². The van der Waals surface area contributed by atoms with Crippen molar-refractivity contribution in [3.63, 3.8) is 0 Å². The molecule has 0 radical (unpaired) electrons. The van der Waals surface area contributed by atoms with Crippen molar-refractivity contribution in [2.24, 2.45) is 0 Å². The van der Waals surface area contributed by atoms with Crippen LogP contribution in [0.2, 0.25) is 0 Å². The lowest BCUT2D eigenvalue weighted by Crippen LogP contribution is -2.32. The summed E-state index contributed by atoms with van der Waals surface area (Å²) in [7, 11) is 0. The van der Waals surface area contributed by atoms with Crippen LogP contribution in [0.4, 0.5) is 13.2 Å². The van der Waals surface area contributed by atoms with Gasteiger partial charge in [-0.2, -0.15) is 0 Å². The molecular formula is C21H16F3NO2. The van der Waals surface area contributed by atoms with E-state index >= 15 is 0 Å². The van der Waals surface area contributed by atoms with Crippen LogP contribution in [0.15, 0.2) is 59.0 Å². The Kier molecular flexibility index (Phi) is 4.48. The van der Waals surface area contributed by atoms with Gasteiger partial charge in [0.2, 0.25) is 0 Å². The average molecular weight is 371 g/mol. The van der Waals surface area contributed by atoms with Crippen molar-refractivity contribution in [2.75, 3.05) is 0 Å². The predicted molar refractivity (Wildman–Crippen MR) is 93.4 cm³/mol. The molecule has 6 heteroatoms. The molecule has 0 saturated heterocycles. The number of carbonyl (C=O) groups is 1. The van der Waals surface area contributed by atoms with Crippen LogP contribution in [0, 0.1) is 17.5 Å². The van der Waals surface area contributed by atoms with Crippen molar-refractivity contribution in [1.29, 1.82) is 0 Å². The second-order valence-electron chi connectivity index (χ2n) is 6.57. The molecule has 1 aliphatic carbocycles. The molecule has 0 bridgehead atoms. The van der Waals surface area contributed by atoms with Crippen molar-refractivity contribution in [3.8, 4) is 11.3 Å². The third-order valence-corrected chi connectivity index (χ3v) is 4.55. The van der Waals surface area contributed by atoms with Crippen LogP contribution in [-0.4, -0.2) is 16.8 Å². The first-order valence-electron chi connectivity index (χ1n) is 8.62. The summed E-state index contributed by atoms with van der Waals surface area (Å²) >= 11 is 0. The fraction of sp³-hybridized carbons (Fsp3) is 0.190. The highest BCUT2D eigenvalue weighted by molar-refractivity contribution is 5.92. The molecule has 1 heterocycles. The lowest BCUT2D eigenvalue weighted by Gasteiger charge is -2.21. The molecule has 1 aromatic heterocycles. The molecule has 0 aliphatic heterocycles. The maximum atomic E-state index is 14.0. The van der Waals surface area contributed by atoms with E-state index in [4.69, 9.17) is 4.42 Å². The van der Waals surface area contributed by atoms with E-state index in [0.29, 0.717) is 11.3 Å². The van der Waals surface area contributed by atoms with Gasteiger partial charge >= 0.3 is 0 Å². The minimum atomic E-state index is -0.681. The van der Waals surface area contributed by atoms with Crippen molar-refractivity contribution in [3.05, 3.63) is 83.4 Å². The summed E-state index contributed by atoms with van der Waals surface area (Å²) in [5.74, 6) is -1.47. The Labute approximate surface area is 154 Å². The van der Waals surface area contributed by atoms with Crippen molar-refractivity contribution >= 4 is 5.91 Å². The lowest BCUT2D eigenvalue weighted by molar-refractivity contribution is 0.0696. The van der Waals surface area contributed by atoms with Gasteiger partial charge < -0.3 is 9.32 Å². The molecular weight excluding hydrogens is 355 g/mol. The molecule has 4 rings (SSSR count). The largest absolute Gasteiger partial charge is 0.451 e. The molecule has 1 aliphatic rings.